The van der Waals surface area contributed by atoms with Gasteiger partial charge in [0.2, 0.25) is 15.9 Å². The van der Waals surface area contributed by atoms with E-state index in [4.69, 9.17) is 0 Å². The molecule has 152 valence electrons. The number of hydrogen-bond donors (Lipinski definition) is 2. The van der Waals surface area contributed by atoms with Gasteiger partial charge in [-0.3, -0.25) is 10.1 Å². The van der Waals surface area contributed by atoms with E-state index in [1.807, 2.05) is 6.92 Å². The van der Waals surface area contributed by atoms with Crippen molar-refractivity contribution in [1.82, 2.24) is 14.9 Å². The Hall–Kier alpha value is -1.29. The van der Waals surface area contributed by atoms with Gasteiger partial charge in [0.1, 0.15) is 0 Å². The maximum absolute atomic E-state index is 13.2. The monoisotopic (exact) mass is 423 g/mol. The molecule has 10 heteroatoms. The molecule has 3 rings (SSSR count). The molecule has 0 radical (unpaired) electrons. The summed E-state index contributed by atoms with van der Waals surface area (Å²) in [7, 11) is -3.55. The third kappa shape index (κ3) is 5.16. The standard InChI is InChI=1S/C17H23F2N3O3S.ClH/c1-12-2-4-14(5-3-12)26(24,25)22-8-6-13(7-9-22)21-16(23)15-10-17(18,19)11-20-15;/h2-5,13,15,20H,6-11H2,1H3,(H,21,23);1H. The first-order valence-corrected chi connectivity index (χ1v) is 10.1. The predicted molar refractivity (Wildman–Crippen MR) is 99.7 cm³/mol. The number of nitrogens with one attached hydrogen (secondary N) is 2. The van der Waals surface area contributed by atoms with Crippen molar-refractivity contribution < 1.29 is 22.0 Å². The molecule has 0 saturated carbocycles. The highest BCUT2D eigenvalue weighted by Gasteiger charge is 2.42. The van der Waals surface area contributed by atoms with Gasteiger partial charge >= 0.3 is 0 Å². The fourth-order valence-corrected chi connectivity index (χ4v) is 4.77. The van der Waals surface area contributed by atoms with E-state index < -0.39 is 40.9 Å². The van der Waals surface area contributed by atoms with Crippen LogP contribution in [0.2, 0.25) is 0 Å². The van der Waals surface area contributed by atoms with Gasteiger partial charge in [0, 0.05) is 25.6 Å². The summed E-state index contributed by atoms with van der Waals surface area (Å²) in [5, 5.41) is 5.29. The van der Waals surface area contributed by atoms with Crippen molar-refractivity contribution in [2.45, 2.75) is 49.1 Å². The number of amides is 1. The number of carbonyl (C=O) groups is 1. The van der Waals surface area contributed by atoms with E-state index in [2.05, 4.69) is 10.6 Å². The van der Waals surface area contributed by atoms with E-state index in [1.54, 1.807) is 24.3 Å². The lowest BCUT2D eigenvalue weighted by molar-refractivity contribution is -0.124. The summed E-state index contributed by atoms with van der Waals surface area (Å²) in [6.07, 6.45) is 0.416. The summed E-state index contributed by atoms with van der Waals surface area (Å²) in [5.74, 6) is -3.30. The molecule has 0 aliphatic carbocycles. The van der Waals surface area contributed by atoms with Crippen LogP contribution in [0.25, 0.3) is 0 Å². The normalized spacial score (nSPS) is 23.6. The van der Waals surface area contributed by atoms with Crippen LogP contribution < -0.4 is 10.6 Å². The minimum atomic E-state index is -3.55. The lowest BCUT2D eigenvalue weighted by Crippen LogP contribution is -2.50. The number of sulfonamides is 1. The molecule has 2 heterocycles. The van der Waals surface area contributed by atoms with E-state index in [0.717, 1.165) is 5.56 Å². The number of nitrogens with zero attached hydrogens (tertiary/aromatic N) is 1. The van der Waals surface area contributed by atoms with Crippen LogP contribution in [0.1, 0.15) is 24.8 Å². The highest BCUT2D eigenvalue weighted by Crippen LogP contribution is 2.26. The molecule has 0 spiro atoms. The van der Waals surface area contributed by atoms with Gasteiger partial charge in [0.05, 0.1) is 17.5 Å². The molecular weight excluding hydrogens is 400 g/mol. The Bertz CT molecular complexity index is 766. The summed E-state index contributed by atoms with van der Waals surface area (Å²) in [5.41, 5.74) is 0.983. The first-order chi connectivity index (χ1) is 12.2. The van der Waals surface area contributed by atoms with E-state index in [0.29, 0.717) is 12.8 Å². The molecule has 2 aliphatic rings. The summed E-state index contributed by atoms with van der Waals surface area (Å²) < 4.78 is 53.1. The largest absolute Gasteiger partial charge is 0.352 e. The van der Waals surface area contributed by atoms with Crippen molar-refractivity contribution in [2.24, 2.45) is 0 Å². The minimum Gasteiger partial charge on any atom is -0.352 e. The van der Waals surface area contributed by atoms with Crippen LogP contribution in [0, 0.1) is 6.92 Å². The van der Waals surface area contributed by atoms with Crippen LogP contribution in [-0.4, -0.2) is 56.3 Å². The van der Waals surface area contributed by atoms with E-state index in [1.165, 1.54) is 4.31 Å². The van der Waals surface area contributed by atoms with Crippen LogP contribution in [0.4, 0.5) is 8.78 Å². The maximum atomic E-state index is 13.2. The highest BCUT2D eigenvalue weighted by atomic mass is 35.5. The molecule has 0 bridgehead atoms. The summed E-state index contributed by atoms with van der Waals surface area (Å²) in [4.78, 5) is 12.3. The number of aryl methyl sites for hydroxylation is 1. The fraction of sp³-hybridized carbons (Fsp3) is 0.588. The molecule has 1 aromatic rings. The Morgan fingerprint density at radius 2 is 1.81 bits per heavy atom. The first-order valence-electron chi connectivity index (χ1n) is 8.66. The van der Waals surface area contributed by atoms with Crippen molar-refractivity contribution in [3.05, 3.63) is 29.8 Å². The average Bonchev–Trinajstić information content (AvgIpc) is 2.96. The van der Waals surface area contributed by atoms with Crippen molar-refractivity contribution in [3.63, 3.8) is 0 Å². The van der Waals surface area contributed by atoms with Crippen LogP contribution in [0.5, 0.6) is 0 Å². The summed E-state index contributed by atoms with van der Waals surface area (Å²) in [6.45, 7) is 1.97. The number of benzene rings is 1. The van der Waals surface area contributed by atoms with Gasteiger partial charge in [-0.25, -0.2) is 17.2 Å². The van der Waals surface area contributed by atoms with Crippen LogP contribution in [0.15, 0.2) is 29.2 Å². The zero-order chi connectivity index (χ0) is 18.9. The number of rotatable bonds is 4. The summed E-state index contributed by atoms with van der Waals surface area (Å²) >= 11 is 0. The molecule has 6 nitrogen and oxygen atoms in total. The molecule has 2 aliphatic heterocycles. The van der Waals surface area contributed by atoms with Crippen LogP contribution >= 0.6 is 12.4 Å². The SMILES string of the molecule is Cc1ccc(S(=O)(=O)N2CCC(NC(=O)C3CC(F)(F)CN3)CC2)cc1.Cl. The third-order valence-electron chi connectivity index (χ3n) is 4.89. The maximum Gasteiger partial charge on any atom is 0.262 e. The van der Waals surface area contributed by atoms with Gasteiger partial charge < -0.3 is 5.32 Å². The van der Waals surface area contributed by atoms with Crippen LogP contribution in [0.3, 0.4) is 0 Å². The second kappa shape index (κ2) is 8.38. The van der Waals surface area contributed by atoms with Gasteiger partial charge in [-0.15, -0.1) is 12.4 Å². The quantitative estimate of drug-likeness (QED) is 0.772. The molecule has 1 amide bonds. The lowest BCUT2D eigenvalue weighted by atomic mass is 10.1. The highest BCUT2D eigenvalue weighted by molar-refractivity contribution is 7.89. The predicted octanol–water partition coefficient (Wildman–Crippen LogP) is 1.68. The number of hydrogen-bond acceptors (Lipinski definition) is 4. The molecule has 1 unspecified atom stereocenters. The van der Waals surface area contributed by atoms with E-state index >= 15 is 0 Å². The second-order valence-corrected chi connectivity index (χ2v) is 8.93. The van der Waals surface area contributed by atoms with Crippen molar-refractivity contribution in [3.8, 4) is 0 Å². The van der Waals surface area contributed by atoms with Gasteiger partial charge in [-0.05, 0) is 31.9 Å². The topological polar surface area (TPSA) is 78.5 Å². The number of carbonyl (C=O) groups excluding carboxylic acids is 1. The number of alkyl halides is 2. The smallest absolute Gasteiger partial charge is 0.262 e. The number of piperidine rings is 1. The van der Waals surface area contributed by atoms with Crippen LogP contribution in [-0.2, 0) is 14.8 Å². The Morgan fingerprint density at radius 3 is 2.33 bits per heavy atom. The van der Waals surface area contributed by atoms with E-state index in [9.17, 15) is 22.0 Å². The Balaban J connectivity index is 0.00000261. The second-order valence-electron chi connectivity index (χ2n) is 6.99. The Labute approximate surface area is 164 Å². The molecule has 2 saturated heterocycles. The molecule has 2 fully saturated rings. The lowest BCUT2D eigenvalue weighted by Gasteiger charge is -2.32. The summed E-state index contributed by atoms with van der Waals surface area (Å²) in [6, 6.07) is 5.59. The zero-order valence-corrected chi connectivity index (χ0v) is 16.6. The van der Waals surface area contributed by atoms with Crippen molar-refractivity contribution >= 4 is 28.3 Å². The molecule has 27 heavy (non-hydrogen) atoms. The van der Waals surface area contributed by atoms with E-state index in [-0.39, 0.29) is 36.4 Å². The fourth-order valence-electron chi connectivity index (χ4n) is 3.30. The van der Waals surface area contributed by atoms with Crippen molar-refractivity contribution in [1.29, 1.82) is 0 Å². The van der Waals surface area contributed by atoms with Gasteiger partial charge in [-0.1, -0.05) is 17.7 Å². The molecule has 1 aromatic carbocycles. The third-order valence-corrected chi connectivity index (χ3v) is 6.80. The number of halogens is 3. The van der Waals surface area contributed by atoms with Crippen molar-refractivity contribution in [2.75, 3.05) is 19.6 Å². The Kier molecular flexibility index (Phi) is 6.83. The zero-order valence-electron chi connectivity index (χ0n) is 15.0. The molecule has 1 atom stereocenters. The van der Waals surface area contributed by atoms with Gasteiger partial charge in [0.25, 0.3) is 5.92 Å². The first kappa shape index (κ1) is 22.0. The van der Waals surface area contributed by atoms with Gasteiger partial charge in [0.15, 0.2) is 0 Å². The average molecular weight is 424 g/mol. The molecule has 0 aromatic heterocycles. The van der Waals surface area contributed by atoms with Gasteiger partial charge in [-0.2, -0.15) is 4.31 Å². The Morgan fingerprint density at radius 1 is 1.22 bits per heavy atom. The minimum absolute atomic E-state index is 0. The molecule has 2 N–H and O–H groups in total. The molecular formula is C17H24ClF2N3O3S.